The maximum Gasteiger partial charge on any atom is 0.285 e. The number of carbonyl (C=O) groups excluding carboxylic acids is 2. The number of hydrazine groups is 1. The molecule has 2 amide bonds. The van der Waals surface area contributed by atoms with Crippen molar-refractivity contribution in [3.05, 3.63) is 64.6 Å². The molecule has 6 nitrogen and oxygen atoms in total. The highest BCUT2D eigenvalue weighted by molar-refractivity contribution is 8.26. The third kappa shape index (κ3) is 5.01. The Hall–Kier alpha value is -2.84. The standard InChI is InChI=1S/C22H22N2O4S2/c1-4-14(2)28-18-8-6-5-7-16(18)13-19-21(26)24(22(29)30-19)23-20(25)15-9-11-17(27-3)12-10-15/h5-14H,4H2,1-3H3,(H,23,25). The lowest BCUT2D eigenvalue weighted by Gasteiger charge is -2.16. The second kappa shape index (κ2) is 9.77. The number of hydrogen-bond acceptors (Lipinski definition) is 6. The van der Waals surface area contributed by atoms with E-state index in [1.54, 1.807) is 37.5 Å². The molecule has 1 heterocycles. The number of para-hydroxylation sites is 1. The molecular weight excluding hydrogens is 420 g/mol. The Labute approximate surface area is 185 Å². The topological polar surface area (TPSA) is 67.9 Å². The average molecular weight is 443 g/mol. The summed E-state index contributed by atoms with van der Waals surface area (Å²) in [5.41, 5.74) is 3.74. The van der Waals surface area contributed by atoms with Gasteiger partial charge in [-0.2, -0.15) is 5.01 Å². The summed E-state index contributed by atoms with van der Waals surface area (Å²) >= 11 is 6.43. The summed E-state index contributed by atoms with van der Waals surface area (Å²) in [5, 5.41) is 1.09. The number of rotatable bonds is 7. The summed E-state index contributed by atoms with van der Waals surface area (Å²) < 4.78 is 11.3. The molecule has 3 rings (SSSR count). The van der Waals surface area contributed by atoms with E-state index in [4.69, 9.17) is 21.7 Å². The van der Waals surface area contributed by atoms with Gasteiger partial charge in [0, 0.05) is 11.1 Å². The number of carbonyl (C=O) groups is 2. The molecular formula is C22H22N2O4S2. The molecule has 1 aliphatic rings. The molecule has 0 radical (unpaired) electrons. The van der Waals surface area contributed by atoms with E-state index >= 15 is 0 Å². The summed E-state index contributed by atoms with van der Waals surface area (Å²) in [6, 6.07) is 14.1. The van der Waals surface area contributed by atoms with Crippen molar-refractivity contribution in [2.45, 2.75) is 26.4 Å². The quantitative estimate of drug-likeness (QED) is 0.506. The Balaban J connectivity index is 1.77. The zero-order valence-corrected chi connectivity index (χ0v) is 18.5. The fourth-order valence-corrected chi connectivity index (χ4v) is 3.79. The van der Waals surface area contributed by atoms with Crippen LogP contribution in [0.4, 0.5) is 0 Å². The molecule has 8 heteroatoms. The third-order valence-electron chi connectivity index (χ3n) is 4.47. The Bertz CT molecular complexity index is 989. The second-order valence-corrected chi connectivity index (χ2v) is 8.24. The summed E-state index contributed by atoms with van der Waals surface area (Å²) in [6.45, 7) is 4.04. The highest BCUT2D eigenvalue weighted by Gasteiger charge is 2.34. The van der Waals surface area contributed by atoms with E-state index in [-0.39, 0.29) is 16.3 Å². The van der Waals surface area contributed by atoms with Gasteiger partial charge >= 0.3 is 0 Å². The van der Waals surface area contributed by atoms with Gasteiger partial charge in [0.15, 0.2) is 4.32 Å². The normalized spacial score (nSPS) is 16.0. The minimum Gasteiger partial charge on any atom is -0.497 e. The van der Waals surface area contributed by atoms with Crippen LogP contribution in [-0.4, -0.2) is 34.4 Å². The van der Waals surface area contributed by atoms with Crippen LogP contribution < -0.4 is 14.9 Å². The molecule has 1 fully saturated rings. The zero-order chi connectivity index (χ0) is 21.7. The third-order valence-corrected chi connectivity index (χ3v) is 5.77. The molecule has 156 valence electrons. The highest BCUT2D eigenvalue weighted by Crippen LogP contribution is 2.33. The van der Waals surface area contributed by atoms with Crippen molar-refractivity contribution in [3.63, 3.8) is 0 Å². The minimum atomic E-state index is -0.435. The van der Waals surface area contributed by atoms with Crippen molar-refractivity contribution < 1.29 is 19.1 Å². The second-order valence-electron chi connectivity index (χ2n) is 6.56. The summed E-state index contributed by atoms with van der Waals surface area (Å²) in [4.78, 5) is 25.8. The zero-order valence-electron chi connectivity index (χ0n) is 16.9. The predicted molar refractivity (Wildman–Crippen MR) is 122 cm³/mol. The van der Waals surface area contributed by atoms with Crippen LogP contribution in [0.5, 0.6) is 11.5 Å². The van der Waals surface area contributed by atoms with Crippen molar-refractivity contribution in [2.24, 2.45) is 0 Å². The molecule has 1 aliphatic heterocycles. The highest BCUT2D eigenvalue weighted by atomic mass is 32.2. The number of hydrogen-bond donors (Lipinski definition) is 1. The van der Waals surface area contributed by atoms with Crippen LogP contribution >= 0.6 is 24.0 Å². The summed E-state index contributed by atoms with van der Waals surface area (Å²) in [5.74, 6) is 0.513. The van der Waals surface area contributed by atoms with Gasteiger partial charge in [-0.25, -0.2) is 0 Å². The molecule has 0 bridgehead atoms. The van der Waals surface area contributed by atoms with Crippen LogP contribution in [0.2, 0.25) is 0 Å². The largest absolute Gasteiger partial charge is 0.497 e. The maximum absolute atomic E-state index is 12.9. The SMILES string of the molecule is CCC(C)Oc1ccccc1C=C1SC(=S)N(NC(=O)c2ccc(OC)cc2)C1=O. The lowest BCUT2D eigenvalue weighted by molar-refractivity contribution is -0.123. The molecule has 0 aliphatic carbocycles. The molecule has 0 saturated carbocycles. The van der Waals surface area contributed by atoms with Crippen LogP contribution in [0.15, 0.2) is 53.4 Å². The van der Waals surface area contributed by atoms with Gasteiger partial charge in [0.05, 0.1) is 18.1 Å². The molecule has 2 aromatic carbocycles. The van der Waals surface area contributed by atoms with E-state index in [0.717, 1.165) is 28.8 Å². The first-order valence-electron chi connectivity index (χ1n) is 9.41. The summed E-state index contributed by atoms with van der Waals surface area (Å²) in [6.07, 6.45) is 2.66. The Kier molecular flexibility index (Phi) is 7.12. The minimum absolute atomic E-state index is 0.0536. The van der Waals surface area contributed by atoms with E-state index < -0.39 is 5.91 Å². The molecule has 30 heavy (non-hydrogen) atoms. The van der Waals surface area contributed by atoms with Gasteiger partial charge in [-0.3, -0.25) is 15.0 Å². The fourth-order valence-electron chi connectivity index (χ4n) is 2.62. The van der Waals surface area contributed by atoms with Crippen LogP contribution in [0, 0.1) is 0 Å². The number of thioether (sulfide) groups is 1. The first kappa shape index (κ1) is 21.9. The lowest BCUT2D eigenvalue weighted by Crippen LogP contribution is -2.44. The molecule has 1 saturated heterocycles. The van der Waals surface area contributed by atoms with Gasteiger partial charge in [0.1, 0.15) is 11.5 Å². The number of nitrogens with zero attached hydrogens (tertiary/aromatic N) is 1. The number of amides is 2. The Morgan fingerprint density at radius 3 is 2.60 bits per heavy atom. The first-order valence-corrected chi connectivity index (χ1v) is 10.6. The average Bonchev–Trinajstić information content (AvgIpc) is 3.02. The number of benzene rings is 2. The van der Waals surface area contributed by atoms with Gasteiger partial charge in [0.2, 0.25) is 0 Å². The number of nitrogens with one attached hydrogen (secondary N) is 1. The number of methoxy groups -OCH3 is 1. The van der Waals surface area contributed by atoms with Crippen LogP contribution in [0.25, 0.3) is 6.08 Å². The smallest absolute Gasteiger partial charge is 0.285 e. The molecule has 1 unspecified atom stereocenters. The van der Waals surface area contributed by atoms with Gasteiger partial charge < -0.3 is 9.47 Å². The van der Waals surface area contributed by atoms with Gasteiger partial charge in [-0.05, 0) is 62.0 Å². The first-order chi connectivity index (χ1) is 14.4. The molecule has 0 aromatic heterocycles. The van der Waals surface area contributed by atoms with Gasteiger partial charge in [0.25, 0.3) is 11.8 Å². The van der Waals surface area contributed by atoms with Crippen LogP contribution in [-0.2, 0) is 4.79 Å². The van der Waals surface area contributed by atoms with Crippen LogP contribution in [0.1, 0.15) is 36.2 Å². The van der Waals surface area contributed by atoms with Gasteiger partial charge in [-0.15, -0.1) is 0 Å². The van der Waals surface area contributed by atoms with E-state index in [0.29, 0.717) is 22.0 Å². The van der Waals surface area contributed by atoms with Crippen molar-refractivity contribution in [2.75, 3.05) is 7.11 Å². The van der Waals surface area contributed by atoms with E-state index in [1.807, 2.05) is 38.1 Å². The van der Waals surface area contributed by atoms with Crippen LogP contribution in [0.3, 0.4) is 0 Å². The van der Waals surface area contributed by atoms with E-state index in [2.05, 4.69) is 5.43 Å². The molecule has 1 N–H and O–H groups in total. The summed E-state index contributed by atoms with van der Waals surface area (Å²) in [7, 11) is 1.55. The maximum atomic E-state index is 12.9. The molecule has 1 atom stereocenters. The number of thiocarbonyl (C=S) groups is 1. The Morgan fingerprint density at radius 2 is 1.93 bits per heavy atom. The van der Waals surface area contributed by atoms with Crippen molar-refractivity contribution >= 4 is 46.2 Å². The van der Waals surface area contributed by atoms with E-state index in [9.17, 15) is 9.59 Å². The Morgan fingerprint density at radius 1 is 1.23 bits per heavy atom. The fraction of sp³-hybridized carbons (Fsp3) is 0.227. The lowest BCUT2D eigenvalue weighted by atomic mass is 10.1. The molecule has 2 aromatic rings. The molecule has 0 spiro atoms. The predicted octanol–water partition coefficient (Wildman–Crippen LogP) is 4.42. The van der Waals surface area contributed by atoms with Crippen molar-refractivity contribution in [1.82, 2.24) is 10.4 Å². The van der Waals surface area contributed by atoms with Crippen molar-refractivity contribution in [3.8, 4) is 11.5 Å². The van der Waals surface area contributed by atoms with Crippen molar-refractivity contribution in [1.29, 1.82) is 0 Å². The van der Waals surface area contributed by atoms with Gasteiger partial charge in [-0.1, -0.05) is 36.9 Å². The monoisotopic (exact) mass is 442 g/mol. The number of ether oxygens (including phenoxy) is 2. The van der Waals surface area contributed by atoms with E-state index in [1.165, 1.54) is 0 Å².